The van der Waals surface area contributed by atoms with Crippen molar-refractivity contribution < 1.29 is 9.90 Å². The molecule has 6 heteroatoms. The molecule has 6 nitrogen and oxygen atoms in total. The summed E-state index contributed by atoms with van der Waals surface area (Å²) >= 11 is 0. The number of amides is 1. The molecule has 1 unspecified atom stereocenters. The molecule has 1 aromatic carbocycles. The second kappa shape index (κ2) is 10.1. The van der Waals surface area contributed by atoms with Crippen LogP contribution in [-0.2, 0) is 4.79 Å². The maximum Gasteiger partial charge on any atom is 0.236 e. The van der Waals surface area contributed by atoms with Crippen LogP contribution in [0.5, 0.6) is 0 Å². The summed E-state index contributed by atoms with van der Waals surface area (Å²) in [5.41, 5.74) is 7.27. The average molecular weight is 449 g/mol. The fourth-order valence-electron chi connectivity index (χ4n) is 4.97. The molecular weight excluding hydrogens is 412 g/mol. The smallest absolute Gasteiger partial charge is 0.236 e. The van der Waals surface area contributed by atoms with Crippen molar-refractivity contribution in [1.29, 1.82) is 0 Å². The monoisotopic (exact) mass is 448 g/mol. The van der Waals surface area contributed by atoms with E-state index in [2.05, 4.69) is 59.5 Å². The van der Waals surface area contributed by atoms with Crippen LogP contribution < -0.4 is 5.32 Å². The zero-order valence-corrected chi connectivity index (χ0v) is 20.2. The van der Waals surface area contributed by atoms with Crippen LogP contribution >= 0.6 is 0 Å². The first-order chi connectivity index (χ1) is 15.8. The molecule has 1 fully saturated rings. The number of rotatable bonds is 7. The molecule has 3 N–H and O–H groups in total. The van der Waals surface area contributed by atoms with Gasteiger partial charge in [-0.1, -0.05) is 19.9 Å². The number of aromatic nitrogens is 2. The fourth-order valence-corrected chi connectivity index (χ4v) is 4.97. The zero-order chi connectivity index (χ0) is 23.5. The Morgan fingerprint density at radius 3 is 2.64 bits per heavy atom. The lowest BCUT2D eigenvalue weighted by molar-refractivity contribution is -0.131. The van der Waals surface area contributed by atoms with Gasteiger partial charge in [-0.2, -0.15) is 0 Å². The lowest BCUT2D eigenvalue weighted by Crippen LogP contribution is -2.43. The number of aryl methyl sites for hydroxylation is 1. The van der Waals surface area contributed by atoms with Crippen molar-refractivity contribution in [2.24, 2.45) is 0 Å². The molecule has 33 heavy (non-hydrogen) atoms. The second-order valence-corrected chi connectivity index (χ2v) is 9.69. The normalized spacial score (nSPS) is 16.0. The first-order valence-electron chi connectivity index (χ1n) is 12.1. The van der Waals surface area contributed by atoms with E-state index in [1.165, 1.54) is 33.3 Å². The zero-order valence-electron chi connectivity index (χ0n) is 20.2. The van der Waals surface area contributed by atoms with Crippen molar-refractivity contribution in [3.63, 3.8) is 0 Å². The number of piperidine rings is 1. The molecular formula is C27H36N4O2. The minimum absolute atomic E-state index is 0.120. The Hall–Kier alpha value is -2.70. The molecule has 0 saturated carbocycles. The number of hydrogen-bond acceptors (Lipinski definition) is 4. The molecule has 0 aliphatic carbocycles. The number of hydrogen-bond donors (Lipinski definition) is 3. The molecule has 0 radical (unpaired) electrons. The molecule has 176 valence electrons. The second-order valence-electron chi connectivity index (χ2n) is 9.69. The third-order valence-corrected chi connectivity index (χ3v) is 6.66. The quantitative estimate of drug-likeness (QED) is 0.502. The molecule has 1 atom stereocenters. The topological polar surface area (TPSA) is 81.2 Å². The van der Waals surface area contributed by atoms with Gasteiger partial charge in [-0.15, -0.1) is 0 Å². The molecule has 2 aromatic heterocycles. The average Bonchev–Trinajstić information content (AvgIpc) is 3.18. The highest BCUT2D eigenvalue weighted by Gasteiger charge is 2.25. The number of likely N-dealkylation sites (tertiary alicyclic amines) is 1. The van der Waals surface area contributed by atoms with Gasteiger partial charge in [-0.3, -0.25) is 9.78 Å². The number of pyridine rings is 1. The molecule has 1 aliphatic rings. The van der Waals surface area contributed by atoms with Crippen LogP contribution in [0.3, 0.4) is 0 Å². The molecule has 1 aliphatic heterocycles. The number of aromatic amines is 1. The van der Waals surface area contributed by atoms with E-state index in [0.29, 0.717) is 24.9 Å². The van der Waals surface area contributed by atoms with Gasteiger partial charge in [0.15, 0.2) is 0 Å². The van der Waals surface area contributed by atoms with Gasteiger partial charge in [0.1, 0.15) is 0 Å². The minimum Gasteiger partial charge on any atom is -0.392 e. The summed E-state index contributed by atoms with van der Waals surface area (Å²) in [5, 5.41) is 13.7. The van der Waals surface area contributed by atoms with E-state index in [1.807, 2.05) is 18.0 Å². The Morgan fingerprint density at radius 1 is 1.21 bits per heavy atom. The van der Waals surface area contributed by atoms with E-state index >= 15 is 0 Å². The Balaban J connectivity index is 1.52. The highest BCUT2D eigenvalue weighted by Crippen LogP contribution is 2.38. The fraction of sp³-hybridized carbons (Fsp3) is 0.481. The van der Waals surface area contributed by atoms with Gasteiger partial charge in [-0.25, -0.2) is 0 Å². The van der Waals surface area contributed by atoms with Crippen molar-refractivity contribution in [3.8, 4) is 11.3 Å². The Bertz CT molecular complexity index is 1110. The summed E-state index contributed by atoms with van der Waals surface area (Å²) in [6.07, 6.45) is 3.39. The summed E-state index contributed by atoms with van der Waals surface area (Å²) in [7, 11) is 0. The molecule has 0 bridgehead atoms. The summed E-state index contributed by atoms with van der Waals surface area (Å²) in [6, 6.07) is 11.0. The van der Waals surface area contributed by atoms with Crippen molar-refractivity contribution in [2.75, 3.05) is 26.2 Å². The SMILES string of the molecule is Cc1cc(-c2[nH]c3ccc(C4CCN(C(=O)CNCC(C)O)CC4)cc3c2C(C)C)ccn1. The molecule has 1 saturated heterocycles. The van der Waals surface area contributed by atoms with E-state index in [1.54, 1.807) is 6.92 Å². The van der Waals surface area contributed by atoms with Gasteiger partial charge in [0.05, 0.1) is 18.3 Å². The lowest BCUT2D eigenvalue weighted by Gasteiger charge is -2.32. The maximum absolute atomic E-state index is 12.5. The highest BCUT2D eigenvalue weighted by atomic mass is 16.3. The van der Waals surface area contributed by atoms with Crippen LogP contribution in [0.4, 0.5) is 0 Å². The Morgan fingerprint density at radius 2 is 1.97 bits per heavy atom. The number of aliphatic hydroxyl groups is 1. The van der Waals surface area contributed by atoms with Crippen molar-refractivity contribution in [3.05, 3.63) is 53.3 Å². The van der Waals surface area contributed by atoms with Crippen LogP contribution in [0, 0.1) is 6.92 Å². The van der Waals surface area contributed by atoms with E-state index in [-0.39, 0.29) is 5.91 Å². The number of benzene rings is 1. The van der Waals surface area contributed by atoms with E-state index in [4.69, 9.17) is 0 Å². The number of H-pyrrole nitrogens is 1. The summed E-state index contributed by atoms with van der Waals surface area (Å²) in [4.78, 5) is 22.4. The first kappa shape index (κ1) is 23.5. The van der Waals surface area contributed by atoms with Gasteiger partial charge in [0, 0.05) is 48.0 Å². The summed E-state index contributed by atoms with van der Waals surface area (Å²) < 4.78 is 0. The minimum atomic E-state index is -0.439. The van der Waals surface area contributed by atoms with Gasteiger partial charge >= 0.3 is 0 Å². The largest absolute Gasteiger partial charge is 0.392 e. The third kappa shape index (κ3) is 5.28. The highest BCUT2D eigenvalue weighted by molar-refractivity contribution is 5.92. The van der Waals surface area contributed by atoms with Gasteiger partial charge in [-0.05, 0) is 73.9 Å². The maximum atomic E-state index is 12.5. The number of fused-ring (bicyclic) bond motifs is 1. The molecule has 1 amide bonds. The Kier molecular flexibility index (Phi) is 7.15. The van der Waals surface area contributed by atoms with Crippen LogP contribution in [0.15, 0.2) is 36.5 Å². The van der Waals surface area contributed by atoms with Crippen LogP contribution in [0.2, 0.25) is 0 Å². The van der Waals surface area contributed by atoms with Gasteiger partial charge in [0.2, 0.25) is 5.91 Å². The number of carbonyl (C=O) groups excluding carboxylic acids is 1. The van der Waals surface area contributed by atoms with Crippen LogP contribution in [0.1, 0.15) is 62.3 Å². The molecule has 3 heterocycles. The number of aliphatic hydroxyl groups excluding tert-OH is 1. The summed E-state index contributed by atoms with van der Waals surface area (Å²) in [5.74, 6) is 0.978. The predicted molar refractivity (Wildman–Crippen MR) is 133 cm³/mol. The Labute approximate surface area is 196 Å². The van der Waals surface area contributed by atoms with Gasteiger partial charge < -0.3 is 20.3 Å². The third-order valence-electron chi connectivity index (χ3n) is 6.66. The van der Waals surface area contributed by atoms with Crippen LogP contribution in [0.25, 0.3) is 22.2 Å². The van der Waals surface area contributed by atoms with Crippen molar-refractivity contribution >= 4 is 16.8 Å². The standard InChI is InChI=1S/C27H36N4O2/c1-17(2)26-23-14-21(5-6-24(23)30-27(26)22-7-10-29-18(3)13-22)20-8-11-31(12-9-20)25(33)16-28-15-19(4)32/h5-7,10,13-14,17,19-20,28,30,32H,8-9,11-12,15-16H2,1-4H3. The predicted octanol–water partition coefficient (Wildman–Crippen LogP) is 4.34. The number of nitrogens with one attached hydrogen (secondary N) is 2. The van der Waals surface area contributed by atoms with Crippen molar-refractivity contribution in [2.45, 2.75) is 58.5 Å². The van der Waals surface area contributed by atoms with E-state index in [9.17, 15) is 9.90 Å². The molecule has 0 spiro atoms. The van der Waals surface area contributed by atoms with E-state index < -0.39 is 6.10 Å². The van der Waals surface area contributed by atoms with Gasteiger partial charge in [0.25, 0.3) is 0 Å². The molecule has 3 aromatic rings. The number of nitrogens with zero attached hydrogens (tertiary/aromatic N) is 2. The van der Waals surface area contributed by atoms with Crippen molar-refractivity contribution in [1.82, 2.24) is 20.2 Å². The van der Waals surface area contributed by atoms with E-state index in [0.717, 1.165) is 31.6 Å². The van der Waals surface area contributed by atoms with Crippen LogP contribution in [-0.4, -0.2) is 58.2 Å². The number of carbonyl (C=O) groups is 1. The lowest BCUT2D eigenvalue weighted by atomic mass is 9.87. The summed E-state index contributed by atoms with van der Waals surface area (Å²) in [6.45, 7) is 10.5. The molecule has 4 rings (SSSR count). The first-order valence-corrected chi connectivity index (χ1v) is 12.1.